The van der Waals surface area contributed by atoms with Gasteiger partial charge in [-0.3, -0.25) is 9.59 Å². The number of hydrogen-bond acceptors (Lipinski definition) is 4. The minimum atomic E-state index is -0.179. The van der Waals surface area contributed by atoms with E-state index in [1.807, 2.05) is 49.4 Å². The third kappa shape index (κ3) is 5.61. The Morgan fingerprint density at radius 3 is 2.37 bits per heavy atom. The summed E-state index contributed by atoms with van der Waals surface area (Å²) in [4.78, 5) is 23.8. The standard InChI is InChI=1S/C24H25N3O3/c1-16-7-10-20(14-23(16)26-17(2)28)25-15-18-5-4-6-21(13-18)27-24(29)19-8-11-22(30-3)12-9-19/h4-14,25H,15H2,1-3H3,(H,26,28)(H,27,29). The van der Waals surface area contributed by atoms with Crippen LogP contribution in [0.2, 0.25) is 0 Å². The molecule has 0 unspecified atom stereocenters. The van der Waals surface area contributed by atoms with E-state index in [0.717, 1.165) is 28.2 Å². The van der Waals surface area contributed by atoms with E-state index in [1.54, 1.807) is 31.4 Å². The van der Waals surface area contributed by atoms with Crippen LogP contribution in [-0.2, 0) is 11.3 Å². The Morgan fingerprint density at radius 2 is 1.67 bits per heavy atom. The van der Waals surface area contributed by atoms with Crippen LogP contribution in [0.25, 0.3) is 0 Å². The van der Waals surface area contributed by atoms with Crippen LogP contribution in [0.5, 0.6) is 5.75 Å². The molecule has 154 valence electrons. The first-order valence-electron chi connectivity index (χ1n) is 9.61. The lowest BCUT2D eigenvalue weighted by atomic mass is 10.1. The van der Waals surface area contributed by atoms with Crippen molar-refractivity contribution in [1.82, 2.24) is 0 Å². The van der Waals surface area contributed by atoms with E-state index >= 15 is 0 Å². The van der Waals surface area contributed by atoms with Gasteiger partial charge in [0.2, 0.25) is 5.91 Å². The molecular weight excluding hydrogens is 378 g/mol. The second-order valence-corrected chi connectivity index (χ2v) is 6.95. The molecule has 0 fully saturated rings. The molecule has 30 heavy (non-hydrogen) atoms. The van der Waals surface area contributed by atoms with E-state index in [4.69, 9.17) is 4.74 Å². The average molecular weight is 403 g/mol. The van der Waals surface area contributed by atoms with Gasteiger partial charge in [0.15, 0.2) is 0 Å². The van der Waals surface area contributed by atoms with Crippen LogP contribution in [0.15, 0.2) is 66.7 Å². The van der Waals surface area contributed by atoms with Crippen molar-refractivity contribution >= 4 is 28.9 Å². The van der Waals surface area contributed by atoms with Gasteiger partial charge in [-0.2, -0.15) is 0 Å². The number of carbonyl (C=O) groups excluding carboxylic acids is 2. The van der Waals surface area contributed by atoms with Crippen LogP contribution >= 0.6 is 0 Å². The zero-order valence-electron chi connectivity index (χ0n) is 17.3. The first-order chi connectivity index (χ1) is 14.4. The Labute approximate surface area is 176 Å². The van der Waals surface area contributed by atoms with Crippen LogP contribution in [0.4, 0.5) is 17.1 Å². The Kier molecular flexibility index (Phi) is 6.70. The van der Waals surface area contributed by atoms with Crippen molar-refractivity contribution in [2.24, 2.45) is 0 Å². The van der Waals surface area contributed by atoms with E-state index in [-0.39, 0.29) is 11.8 Å². The molecule has 3 N–H and O–H groups in total. The van der Waals surface area contributed by atoms with Gasteiger partial charge in [-0.05, 0) is 66.6 Å². The van der Waals surface area contributed by atoms with Gasteiger partial charge in [0, 0.05) is 36.1 Å². The lowest BCUT2D eigenvalue weighted by molar-refractivity contribution is -0.114. The Bertz CT molecular complexity index is 1050. The second kappa shape index (κ2) is 9.60. The fourth-order valence-electron chi connectivity index (χ4n) is 2.97. The SMILES string of the molecule is COc1ccc(C(=O)Nc2cccc(CNc3ccc(C)c(NC(C)=O)c3)c2)cc1. The molecule has 6 nitrogen and oxygen atoms in total. The second-order valence-electron chi connectivity index (χ2n) is 6.95. The van der Waals surface area contributed by atoms with Crippen molar-refractivity contribution in [3.05, 3.63) is 83.4 Å². The van der Waals surface area contributed by atoms with Crippen LogP contribution in [0, 0.1) is 6.92 Å². The molecule has 0 heterocycles. The molecule has 0 aliphatic heterocycles. The highest BCUT2D eigenvalue weighted by Crippen LogP contribution is 2.21. The molecule has 2 amide bonds. The highest BCUT2D eigenvalue weighted by molar-refractivity contribution is 6.04. The zero-order valence-corrected chi connectivity index (χ0v) is 17.3. The number of hydrogen-bond donors (Lipinski definition) is 3. The van der Waals surface area contributed by atoms with Gasteiger partial charge in [-0.1, -0.05) is 18.2 Å². The summed E-state index contributed by atoms with van der Waals surface area (Å²) < 4.78 is 5.12. The van der Waals surface area contributed by atoms with Crippen molar-refractivity contribution in [3.63, 3.8) is 0 Å². The summed E-state index contributed by atoms with van der Waals surface area (Å²) in [6, 6.07) is 20.5. The summed E-state index contributed by atoms with van der Waals surface area (Å²) >= 11 is 0. The Balaban J connectivity index is 1.64. The molecule has 0 aromatic heterocycles. The largest absolute Gasteiger partial charge is 0.497 e. The number of amides is 2. The van der Waals surface area contributed by atoms with Gasteiger partial charge in [0.05, 0.1) is 7.11 Å². The molecule has 0 radical (unpaired) electrons. The minimum Gasteiger partial charge on any atom is -0.497 e. The quantitative estimate of drug-likeness (QED) is 0.528. The number of aryl methyl sites for hydroxylation is 1. The molecule has 0 aliphatic carbocycles. The van der Waals surface area contributed by atoms with Crippen molar-refractivity contribution in [3.8, 4) is 5.75 Å². The molecular formula is C24H25N3O3. The summed E-state index contributed by atoms with van der Waals surface area (Å²) in [6.07, 6.45) is 0. The lowest BCUT2D eigenvalue weighted by Crippen LogP contribution is -2.12. The first-order valence-corrected chi connectivity index (χ1v) is 9.61. The molecule has 0 aliphatic rings. The van der Waals surface area contributed by atoms with E-state index < -0.39 is 0 Å². The molecule has 3 aromatic rings. The smallest absolute Gasteiger partial charge is 0.255 e. The molecule has 6 heteroatoms. The van der Waals surface area contributed by atoms with Crippen molar-refractivity contribution in [2.45, 2.75) is 20.4 Å². The van der Waals surface area contributed by atoms with Crippen LogP contribution in [-0.4, -0.2) is 18.9 Å². The lowest BCUT2D eigenvalue weighted by Gasteiger charge is -2.12. The number of rotatable bonds is 7. The maximum absolute atomic E-state index is 12.5. The monoisotopic (exact) mass is 403 g/mol. The average Bonchev–Trinajstić information content (AvgIpc) is 2.74. The number of carbonyl (C=O) groups is 2. The number of ether oxygens (including phenoxy) is 1. The summed E-state index contributed by atoms with van der Waals surface area (Å²) in [7, 11) is 1.59. The third-order valence-corrected chi connectivity index (χ3v) is 4.58. The zero-order chi connectivity index (χ0) is 21.5. The topological polar surface area (TPSA) is 79.5 Å². The first kappa shape index (κ1) is 20.9. The molecule has 0 saturated heterocycles. The van der Waals surface area contributed by atoms with Gasteiger partial charge in [0.1, 0.15) is 5.75 Å². The highest BCUT2D eigenvalue weighted by Gasteiger charge is 2.07. The maximum atomic E-state index is 12.5. The molecule has 3 aromatic carbocycles. The molecule has 0 saturated carbocycles. The summed E-state index contributed by atoms with van der Waals surface area (Å²) in [6.45, 7) is 4.02. The third-order valence-electron chi connectivity index (χ3n) is 4.58. The predicted octanol–water partition coefficient (Wildman–Crippen LogP) is 4.83. The van der Waals surface area contributed by atoms with Gasteiger partial charge >= 0.3 is 0 Å². The molecule has 0 atom stereocenters. The number of benzene rings is 3. The van der Waals surface area contributed by atoms with E-state index in [0.29, 0.717) is 17.9 Å². The Morgan fingerprint density at radius 1 is 0.900 bits per heavy atom. The fraction of sp³-hybridized carbons (Fsp3) is 0.167. The van der Waals surface area contributed by atoms with Crippen molar-refractivity contribution < 1.29 is 14.3 Å². The van der Waals surface area contributed by atoms with Gasteiger partial charge in [0.25, 0.3) is 5.91 Å². The molecule has 0 spiro atoms. The van der Waals surface area contributed by atoms with Crippen LogP contribution in [0.3, 0.4) is 0 Å². The Hall–Kier alpha value is -3.80. The summed E-state index contributed by atoms with van der Waals surface area (Å²) in [5.74, 6) is 0.425. The predicted molar refractivity (Wildman–Crippen MR) is 120 cm³/mol. The number of anilines is 3. The van der Waals surface area contributed by atoms with Crippen molar-refractivity contribution in [2.75, 3.05) is 23.1 Å². The molecule has 0 bridgehead atoms. The highest BCUT2D eigenvalue weighted by atomic mass is 16.5. The fourth-order valence-corrected chi connectivity index (χ4v) is 2.97. The van der Waals surface area contributed by atoms with Crippen molar-refractivity contribution in [1.29, 1.82) is 0 Å². The van der Waals surface area contributed by atoms with E-state index in [9.17, 15) is 9.59 Å². The number of nitrogens with one attached hydrogen (secondary N) is 3. The normalized spacial score (nSPS) is 10.2. The van der Waals surface area contributed by atoms with Gasteiger partial charge in [-0.15, -0.1) is 0 Å². The molecule has 3 rings (SSSR count). The van der Waals surface area contributed by atoms with Crippen LogP contribution in [0.1, 0.15) is 28.4 Å². The summed E-state index contributed by atoms with van der Waals surface area (Å²) in [5, 5.41) is 9.10. The van der Waals surface area contributed by atoms with Crippen LogP contribution < -0.4 is 20.7 Å². The van der Waals surface area contributed by atoms with Gasteiger partial charge in [-0.25, -0.2) is 0 Å². The van der Waals surface area contributed by atoms with Gasteiger partial charge < -0.3 is 20.7 Å². The number of methoxy groups -OCH3 is 1. The minimum absolute atomic E-state index is 0.101. The van der Waals surface area contributed by atoms with E-state index in [2.05, 4.69) is 16.0 Å². The maximum Gasteiger partial charge on any atom is 0.255 e. The van der Waals surface area contributed by atoms with E-state index in [1.165, 1.54) is 6.92 Å². The summed E-state index contributed by atoms with van der Waals surface area (Å²) in [5.41, 5.74) is 4.98.